The van der Waals surface area contributed by atoms with Crippen molar-refractivity contribution in [3.63, 3.8) is 0 Å². The van der Waals surface area contributed by atoms with Crippen molar-refractivity contribution in [2.75, 3.05) is 36.6 Å². The van der Waals surface area contributed by atoms with Crippen molar-refractivity contribution < 1.29 is 32.5 Å². The third-order valence-corrected chi connectivity index (χ3v) is 8.85. The van der Waals surface area contributed by atoms with E-state index in [0.29, 0.717) is 26.2 Å². The first-order chi connectivity index (χ1) is 19.6. The predicted molar refractivity (Wildman–Crippen MR) is 158 cm³/mol. The number of hydrogen-bond donors (Lipinski definition) is 1. The minimum atomic E-state index is -3.00. The van der Waals surface area contributed by atoms with Gasteiger partial charge in [0.1, 0.15) is 27.9 Å². The molecule has 0 amide bonds. The van der Waals surface area contributed by atoms with E-state index >= 15 is 0 Å². The zero-order chi connectivity index (χ0) is 29.1. The molecule has 0 saturated heterocycles. The Morgan fingerprint density at radius 1 is 1.05 bits per heavy atom. The number of sulfone groups is 1. The minimum absolute atomic E-state index is 0.116. The summed E-state index contributed by atoms with van der Waals surface area (Å²) in [5, 5.41) is 9.38. The monoisotopic (exact) mass is 579 g/mol. The summed E-state index contributed by atoms with van der Waals surface area (Å²) in [4.78, 5) is 13.8. The van der Waals surface area contributed by atoms with Crippen LogP contribution >= 0.6 is 0 Å². The highest BCUT2D eigenvalue weighted by molar-refractivity contribution is 7.90. The molecule has 0 fully saturated rings. The standard InChI is InChI=1S/C32H37NO7S/c1-4-33-13-12-23-17-25(38-14-5-15-41(3,36)37)7-9-27(23)29-16-22(6-11-30(29)33)19-39-26-8-10-28-24(18-26)20-40-31(28)21(2)32(34)35/h6-11,16-18,21,31H,4-5,12-15,19-20H2,1-3H3,(H,34,35). The molecule has 0 aromatic heterocycles. The van der Waals surface area contributed by atoms with Crippen LogP contribution in [0.3, 0.4) is 0 Å². The van der Waals surface area contributed by atoms with Crippen LogP contribution in [0.1, 0.15) is 48.6 Å². The molecule has 9 heteroatoms. The van der Waals surface area contributed by atoms with Gasteiger partial charge >= 0.3 is 5.97 Å². The first-order valence-corrected chi connectivity index (χ1v) is 16.1. The van der Waals surface area contributed by atoms with E-state index < -0.39 is 27.8 Å². The van der Waals surface area contributed by atoms with E-state index in [9.17, 15) is 18.3 Å². The van der Waals surface area contributed by atoms with Crippen LogP contribution in [0, 0.1) is 5.92 Å². The minimum Gasteiger partial charge on any atom is -0.494 e. The molecule has 0 spiro atoms. The molecule has 0 saturated carbocycles. The molecule has 2 heterocycles. The molecule has 8 nitrogen and oxygen atoms in total. The van der Waals surface area contributed by atoms with Gasteiger partial charge in [-0.25, -0.2) is 8.42 Å². The van der Waals surface area contributed by atoms with Crippen molar-refractivity contribution in [1.29, 1.82) is 0 Å². The van der Waals surface area contributed by atoms with Gasteiger partial charge in [0, 0.05) is 30.6 Å². The Balaban J connectivity index is 1.32. The Kier molecular flexibility index (Phi) is 8.56. The van der Waals surface area contributed by atoms with Crippen LogP contribution in [0.2, 0.25) is 0 Å². The van der Waals surface area contributed by atoms with Crippen LogP contribution in [0.4, 0.5) is 5.69 Å². The first kappa shape index (κ1) is 29.0. The lowest BCUT2D eigenvalue weighted by Gasteiger charge is -2.23. The van der Waals surface area contributed by atoms with Gasteiger partial charge in [-0.3, -0.25) is 4.79 Å². The third-order valence-electron chi connectivity index (χ3n) is 7.82. The fourth-order valence-electron chi connectivity index (χ4n) is 5.56. The SMILES string of the molecule is CCN1CCc2cc(OCCCS(C)(=O)=O)ccc2-c2cc(COc3ccc4c(c3)COC4C(C)C(=O)O)ccc21. The van der Waals surface area contributed by atoms with E-state index in [2.05, 4.69) is 42.2 Å². The largest absolute Gasteiger partial charge is 0.494 e. The molecule has 2 aliphatic rings. The van der Waals surface area contributed by atoms with Gasteiger partial charge in [0.05, 0.1) is 31.0 Å². The highest BCUT2D eigenvalue weighted by Gasteiger charge is 2.32. The zero-order valence-corrected chi connectivity index (χ0v) is 24.6. The van der Waals surface area contributed by atoms with Crippen LogP contribution in [0.15, 0.2) is 54.6 Å². The lowest BCUT2D eigenvalue weighted by molar-refractivity contribution is -0.146. The molecule has 0 bridgehead atoms. The van der Waals surface area contributed by atoms with Crippen LogP contribution in [0.5, 0.6) is 11.5 Å². The molecule has 0 aliphatic carbocycles. The summed E-state index contributed by atoms with van der Waals surface area (Å²) in [6, 6.07) is 18.3. The number of carboxylic acids is 1. The van der Waals surface area contributed by atoms with Crippen LogP contribution in [0.25, 0.3) is 11.1 Å². The van der Waals surface area contributed by atoms with Crippen molar-refractivity contribution in [2.45, 2.75) is 46.0 Å². The Morgan fingerprint density at radius 3 is 2.56 bits per heavy atom. The normalized spacial score (nSPS) is 16.8. The number of benzene rings is 3. The highest BCUT2D eigenvalue weighted by Crippen LogP contribution is 2.40. The number of hydrogen-bond acceptors (Lipinski definition) is 7. The number of carboxylic acid groups (broad SMARTS) is 1. The van der Waals surface area contributed by atoms with Gasteiger partial charge in [-0.05, 0) is 90.9 Å². The van der Waals surface area contributed by atoms with Crippen LogP contribution in [-0.4, -0.2) is 51.2 Å². The smallest absolute Gasteiger partial charge is 0.309 e. The summed E-state index contributed by atoms with van der Waals surface area (Å²) in [6.45, 7) is 6.74. The average molecular weight is 580 g/mol. The number of carbonyl (C=O) groups is 1. The maximum absolute atomic E-state index is 11.4. The molecule has 2 atom stereocenters. The molecular weight excluding hydrogens is 542 g/mol. The molecule has 5 rings (SSSR count). The second-order valence-corrected chi connectivity index (χ2v) is 13.1. The van der Waals surface area contributed by atoms with Gasteiger partial charge < -0.3 is 24.2 Å². The number of fused-ring (bicyclic) bond motifs is 4. The topological polar surface area (TPSA) is 102 Å². The van der Waals surface area contributed by atoms with Crippen LogP contribution < -0.4 is 14.4 Å². The van der Waals surface area contributed by atoms with Gasteiger partial charge in [0.25, 0.3) is 0 Å². The van der Waals surface area contributed by atoms with Crippen molar-refractivity contribution in [1.82, 2.24) is 0 Å². The maximum Gasteiger partial charge on any atom is 0.309 e. The summed E-state index contributed by atoms with van der Waals surface area (Å²) in [5.74, 6) is 0.104. The number of likely N-dealkylation sites (N-methyl/N-ethyl adjacent to an activating group) is 1. The third kappa shape index (κ3) is 6.68. The lowest BCUT2D eigenvalue weighted by Crippen LogP contribution is -2.24. The van der Waals surface area contributed by atoms with Gasteiger partial charge in [-0.15, -0.1) is 0 Å². The van der Waals surface area contributed by atoms with Gasteiger partial charge in [-0.2, -0.15) is 0 Å². The first-order valence-electron chi connectivity index (χ1n) is 14.0. The zero-order valence-electron chi connectivity index (χ0n) is 23.8. The summed E-state index contributed by atoms with van der Waals surface area (Å²) < 4.78 is 40.6. The molecule has 3 aromatic carbocycles. The number of anilines is 1. The molecule has 2 unspecified atom stereocenters. The van der Waals surface area contributed by atoms with Crippen molar-refractivity contribution in [2.24, 2.45) is 5.92 Å². The highest BCUT2D eigenvalue weighted by atomic mass is 32.2. The number of nitrogens with zero attached hydrogens (tertiary/aromatic N) is 1. The molecule has 0 radical (unpaired) electrons. The van der Waals surface area contributed by atoms with Crippen molar-refractivity contribution in [3.8, 4) is 22.6 Å². The van der Waals surface area contributed by atoms with Gasteiger partial charge in [-0.1, -0.05) is 18.2 Å². The van der Waals surface area contributed by atoms with Crippen molar-refractivity contribution in [3.05, 3.63) is 76.9 Å². The predicted octanol–water partition coefficient (Wildman–Crippen LogP) is 5.42. The Morgan fingerprint density at radius 2 is 1.80 bits per heavy atom. The lowest BCUT2D eigenvalue weighted by atomic mass is 9.95. The summed E-state index contributed by atoms with van der Waals surface area (Å²) in [7, 11) is -3.00. The van der Waals surface area contributed by atoms with Crippen LogP contribution in [-0.2, 0) is 39.0 Å². The molecular formula is C32H37NO7S. The van der Waals surface area contributed by atoms with Gasteiger partial charge in [0.2, 0.25) is 0 Å². The summed E-state index contributed by atoms with van der Waals surface area (Å²) in [6.07, 6.45) is 2.14. The number of ether oxygens (including phenoxy) is 3. The molecule has 1 N–H and O–H groups in total. The second kappa shape index (κ2) is 12.1. The Bertz CT molecular complexity index is 1530. The Labute approximate surface area is 241 Å². The van der Waals surface area contributed by atoms with Crippen molar-refractivity contribution >= 4 is 21.5 Å². The van der Waals surface area contributed by atoms with E-state index in [1.807, 2.05) is 24.3 Å². The maximum atomic E-state index is 11.4. The fraction of sp³-hybridized carbons (Fsp3) is 0.406. The summed E-state index contributed by atoms with van der Waals surface area (Å²) >= 11 is 0. The van der Waals surface area contributed by atoms with E-state index in [0.717, 1.165) is 58.8 Å². The van der Waals surface area contributed by atoms with E-state index in [1.165, 1.54) is 17.5 Å². The fourth-order valence-corrected chi connectivity index (χ4v) is 6.21. The molecule has 41 heavy (non-hydrogen) atoms. The van der Waals surface area contributed by atoms with E-state index in [4.69, 9.17) is 14.2 Å². The van der Waals surface area contributed by atoms with E-state index in [1.54, 1.807) is 6.92 Å². The number of rotatable bonds is 11. The Hall–Kier alpha value is -3.56. The molecule has 218 valence electrons. The summed E-state index contributed by atoms with van der Waals surface area (Å²) in [5.41, 5.74) is 7.61. The molecule has 2 aliphatic heterocycles. The van der Waals surface area contributed by atoms with Gasteiger partial charge in [0.15, 0.2) is 0 Å². The second-order valence-electron chi connectivity index (χ2n) is 10.8. The molecule has 3 aromatic rings. The number of aliphatic carboxylic acids is 1. The quantitative estimate of drug-likeness (QED) is 0.301. The van der Waals surface area contributed by atoms with E-state index in [-0.39, 0.29) is 5.75 Å². The average Bonchev–Trinajstić information content (AvgIpc) is 3.30.